The second-order valence-corrected chi connectivity index (χ2v) is 7.98. The summed E-state index contributed by atoms with van der Waals surface area (Å²) < 4.78 is 5.19. The summed E-state index contributed by atoms with van der Waals surface area (Å²) in [7, 11) is 0. The van der Waals surface area contributed by atoms with E-state index in [-0.39, 0.29) is 0 Å². The maximum absolute atomic E-state index is 12.4. The van der Waals surface area contributed by atoms with Crippen LogP contribution in [0.25, 0.3) is 32.6 Å². The van der Waals surface area contributed by atoms with Gasteiger partial charge in [-0.2, -0.15) is 0 Å². The first-order chi connectivity index (χ1) is 14.0. The minimum Gasteiger partial charge on any atom is -0.462 e. The van der Waals surface area contributed by atoms with Gasteiger partial charge in [0.2, 0.25) is 0 Å². The molecule has 5 heteroatoms. The zero-order valence-electron chi connectivity index (χ0n) is 16.7. The Morgan fingerprint density at radius 2 is 1.83 bits per heavy atom. The highest BCUT2D eigenvalue weighted by Crippen LogP contribution is 2.41. The van der Waals surface area contributed by atoms with Gasteiger partial charge in [0, 0.05) is 10.9 Å². The molecule has 0 bridgehead atoms. The van der Waals surface area contributed by atoms with Crippen molar-refractivity contribution in [1.29, 1.82) is 0 Å². The monoisotopic (exact) mass is 402 g/mol. The second kappa shape index (κ2) is 7.68. The van der Waals surface area contributed by atoms with Crippen molar-refractivity contribution in [3.05, 3.63) is 70.6 Å². The van der Waals surface area contributed by atoms with Crippen molar-refractivity contribution in [2.24, 2.45) is 0 Å². The molecule has 0 amide bonds. The minimum absolute atomic E-state index is 0.305. The molecule has 0 aliphatic heterocycles. The normalized spacial score (nSPS) is 11.0. The highest BCUT2D eigenvalue weighted by Gasteiger charge is 2.22. The van der Waals surface area contributed by atoms with E-state index in [1.165, 1.54) is 16.9 Å². The number of fused-ring (bicyclic) bond motifs is 1. The van der Waals surface area contributed by atoms with Gasteiger partial charge in [-0.15, -0.1) is 11.3 Å². The fourth-order valence-electron chi connectivity index (χ4n) is 3.55. The van der Waals surface area contributed by atoms with E-state index in [0.717, 1.165) is 38.2 Å². The van der Waals surface area contributed by atoms with Gasteiger partial charge in [-0.3, -0.25) is 0 Å². The zero-order valence-corrected chi connectivity index (χ0v) is 17.5. The van der Waals surface area contributed by atoms with Crippen LogP contribution in [-0.2, 0) is 4.74 Å². The van der Waals surface area contributed by atoms with E-state index in [2.05, 4.69) is 38.1 Å². The van der Waals surface area contributed by atoms with Gasteiger partial charge in [-0.05, 0) is 43.5 Å². The average molecular weight is 403 g/mol. The summed E-state index contributed by atoms with van der Waals surface area (Å²) in [5.41, 5.74) is 13.2. The van der Waals surface area contributed by atoms with Crippen molar-refractivity contribution < 1.29 is 9.53 Å². The average Bonchev–Trinajstić information content (AvgIpc) is 3.05. The van der Waals surface area contributed by atoms with Crippen molar-refractivity contribution in [2.75, 3.05) is 12.3 Å². The van der Waals surface area contributed by atoms with Gasteiger partial charge in [0.05, 0.1) is 18.0 Å². The molecule has 0 aliphatic carbocycles. The lowest BCUT2D eigenvalue weighted by Gasteiger charge is -2.11. The summed E-state index contributed by atoms with van der Waals surface area (Å²) >= 11 is 1.29. The number of nitrogens with two attached hydrogens (primary N) is 1. The van der Waals surface area contributed by atoms with Crippen LogP contribution in [0.1, 0.15) is 27.7 Å². The van der Waals surface area contributed by atoms with E-state index in [1.54, 1.807) is 6.92 Å². The molecule has 0 atom stereocenters. The molecule has 4 nitrogen and oxygen atoms in total. The van der Waals surface area contributed by atoms with E-state index in [1.807, 2.05) is 30.3 Å². The van der Waals surface area contributed by atoms with Gasteiger partial charge in [-0.25, -0.2) is 9.78 Å². The van der Waals surface area contributed by atoms with Crippen LogP contribution < -0.4 is 5.73 Å². The molecule has 2 aromatic heterocycles. The summed E-state index contributed by atoms with van der Waals surface area (Å²) in [4.78, 5) is 18.4. The van der Waals surface area contributed by atoms with E-state index < -0.39 is 5.97 Å². The summed E-state index contributed by atoms with van der Waals surface area (Å²) in [6.45, 7) is 6.25. The summed E-state index contributed by atoms with van der Waals surface area (Å²) in [6, 6.07) is 18.4. The smallest absolute Gasteiger partial charge is 0.350 e. The number of anilines is 1. The van der Waals surface area contributed by atoms with Crippen LogP contribution in [0.4, 0.5) is 5.69 Å². The molecule has 2 heterocycles. The Hall–Kier alpha value is -3.18. The van der Waals surface area contributed by atoms with Crippen molar-refractivity contribution >= 4 is 33.2 Å². The van der Waals surface area contributed by atoms with Crippen LogP contribution in [-0.4, -0.2) is 17.6 Å². The van der Waals surface area contributed by atoms with Gasteiger partial charge < -0.3 is 10.5 Å². The van der Waals surface area contributed by atoms with Crippen LogP contribution in [0.2, 0.25) is 0 Å². The first-order valence-electron chi connectivity index (χ1n) is 9.52. The third kappa shape index (κ3) is 3.49. The number of ether oxygens (including phenoxy) is 1. The van der Waals surface area contributed by atoms with Crippen LogP contribution in [0, 0.1) is 13.8 Å². The number of rotatable bonds is 4. The standard InChI is InChI=1S/C24H22N2O2S/c1-4-28-24(27)22-21(25)20-18(16-8-6-5-7-9-16)13-19(26-23(20)29-22)17-11-10-14(2)12-15(17)3/h5-13H,4,25H2,1-3H3. The molecule has 4 aromatic rings. The topological polar surface area (TPSA) is 65.2 Å². The van der Waals surface area contributed by atoms with Gasteiger partial charge in [0.15, 0.2) is 0 Å². The lowest BCUT2D eigenvalue weighted by Crippen LogP contribution is -2.04. The highest BCUT2D eigenvalue weighted by atomic mass is 32.1. The van der Waals surface area contributed by atoms with E-state index >= 15 is 0 Å². The number of carbonyl (C=O) groups is 1. The number of benzene rings is 2. The molecule has 0 spiro atoms. The van der Waals surface area contributed by atoms with Crippen molar-refractivity contribution in [1.82, 2.24) is 4.98 Å². The molecule has 0 saturated carbocycles. The van der Waals surface area contributed by atoms with Gasteiger partial charge in [-0.1, -0.05) is 54.1 Å². The van der Waals surface area contributed by atoms with Gasteiger partial charge in [0.1, 0.15) is 9.71 Å². The summed E-state index contributed by atoms with van der Waals surface area (Å²) in [5.74, 6) is -0.403. The number of carbonyl (C=O) groups excluding carboxylic acids is 1. The fraction of sp³-hybridized carbons (Fsp3) is 0.167. The Morgan fingerprint density at radius 1 is 1.07 bits per heavy atom. The molecular weight excluding hydrogens is 380 g/mol. The van der Waals surface area contributed by atoms with Crippen LogP contribution >= 0.6 is 11.3 Å². The molecule has 0 radical (unpaired) electrons. The van der Waals surface area contributed by atoms with E-state index in [4.69, 9.17) is 15.5 Å². The number of thiophene rings is 1. The first-order valence-corrected chi connectivity index (χ1v) is 10.3. The Kier molecular flexibility index (Phi) is 5.07. The molecule has 146 valence electrons. The fourth-order valence-corrected chi connectivity index (χ4v) is 4.57. The van der Waals surface area contributed by atoms with Crippen LogP contribution in [0.3, 0.4) is 0 Å². The van der Waals surface area contributed by atoms with Crippen molar-refractivity contribution in [2.45, 2.75) is 20.8 Å². The molecule has 2 aromatic carbocycles. The molecule has 0 unspecified atom stereocenters. The second-order valence-electron chi connectivity index (χ2n) is 6.98. The van der Waals surface area contributed by atoms with Crippen LogP contribution in [0.15, 0.2) is 54.6 Å². The summed E-state index contributed by atoms with van der Waals surface area (Å²) in [5, 5.41) is 0.803. The third-order valence-corrected chi connectivity index (χ3v) is 5.98. The Bertz CT molecular complexity index is 1210. The lowest BCUT2D eigenvalue weighted by molar-refractivity contribution is 0.0533. The lowest BCUT2D eigenvalue weighted by atomic mass is 9.97. The largest absolute Gasteiger partial charge is 0.462 e. The predicted octanol–water partition coefficient (Wildman–Crippen LogP) is 6.01. The van der Waals surface area contributed by atoms with Gasteiger partial charge in [0.25, 0.3) is 0 Å². The molecule has 29 heavy (non-hydrogen) atoms. The van der Waals surface area contributed by atoms with Gasteiger partial charge >= 0.3 is 5.97 Å². The number of hydrogen-bond donors (Lipinski definition) is 1. The number of nitrogens with zero attached hydrogens (tertiary/aromatic N) is 1. The maximum atomic E-state index is 12.4. The van der Waals surface area contributed by atoms with E-state index in [9.17, 15) is 4.79 Å². The van der Waals surface area contributed by atoms with Crippen LogP contribution in [0.5, 0.6) is 0 Å². The molecule has 2 N–H and O–H groups in total. The molecule has 0 fully saturated rings. The number of hydrogen-bond acceptors (Lipinski definition) is 5. The third-order valence-electron chi connectivity index (χ3n) is 4.90. The Balaban J connectivity index is 2.02. The Morgan fingerprint density at radius 3 is 2.52 bits per heavy atom. The molecule has 4 rings (SSSR count). The SMILES string of the molecule is CCOC(=O)c1sc2nc(-c3ccc(C)cc3C)cc(-c3ccccc3)c2c1N. The number of aryl methyl sites for hydroxylation is 2. The Labute approximate surface area is 174 Å². The highest BCUT2D eigenvalue weighted by molar-refractivity contribution is 7.21. The number of aromatic nitrogens is 1. The zero-order chi connectivity index (χ0) is 20.5. The first kappa shape index (κ1) is 19.2. The minimum atomic E-state index is -0.403. The molecule has 0 aliphatic rings. The maximum Gasteiger partial charge on any atom is 0.350 e. The van der Waals surface area contributed by atoms with Crippen molar-refractivity contribution in [3.8, 4) is 22.4 Å². The van der Waals surface area contributed by atoms with Crippen molar-refractivity contribution in [3.63, 3.8) is 0 Å². The molecule has 0 saturated heterocycles. The number of pyridine rings is 1. The molecular formula is C24H22N2O2S. The number of nitrogen functional groups attached to an aromatic ring is 1. The van der Waals surface area contributed by atoms with E-state index in [0.29, 0.717) is 17.2 Å². The summed E-state index contributed by atoms with van der Waals surface area (Å²) in [6.07, 6.45) is 0. The number of esters is 1. The predicted molar refractivity (Wildman–Crippen MR) is 120 cm³/mol. The quantitative estimate of drug-likeness (QED) is 0.425.